The summed E-state index contributed by atoms with van der Waals surface area (Å²) in [5.41, 5.74) is 5.30. The molecule has 2 N–H and O–H groups in total. The molecule has 4 rings (SSSR count). The minimum absolute atomic E-state index is 0.0363. The second-order valence-electron chi connectivity index (χ2n) is 11.5. The maximum Gasteiger partial charge on any atom is 0.303 e. The monoisotopic (exact) mass is 689 g/mol. The molecule has 2 aromatic rings. The molecule has 2 unspecified atom stereocenters. The maximum atomic E-state index is 13.5. The van der Waals surface area contributed by atoms with Crippen LogP contribution in [-0.4, -0.2) is 54.1 Å². The highest BCUT2D eigenvalue weighted by atomic mass is 35.5. The van der Waals surface area contributed by atoms with E-state index in [0.717, 1.165) is 60.2 Å². The molecule has 1 aliphatic carbocycles. The number of halogens is 1. The van der Waals surface area contributed by atoms with E-state index in [1.54, 1.807) is 0 Å². The fraction of sp³-hybridized carbons (Fsp3) is 0.415. The lowest BCUT2D eigenvalue weighted by Crippen LogP contribution is -2.34. The van der Waals surface area contributed by atoms with Crippen molar-refractivity contribution in [2.45, 2.75) is 91.0 Å². The van der Waals surface area contributed by atoms with Gasteiger partial charge in [-0.05, 0) is 55.6 Å². The van der Waals surface area contributed by atoms with Crippen molar-refractivity contribution in [2.75, 3.05) is 20.3 Å². The smallest absolute Gasteiger partial charge is 0.303 e. The molecule has 49 heavy (non-hydrogen) atoms. The third-order valence-corrected chi connectivity index (χ3v) is 8.36. The van der Waals surface area contributed by atoms with Crippen molar-refractivity contribution in [3.8, 4) is 0 Å². The number of aryl methyl sites for hydroxylation is 1. The fourth-order valence-electron chi connectivity index (χ4n) is 5.20. The minimum Gasteiger partial charge on any atom is -0.481 e. The van der Waals surface area contributed by atoms with E-state index in [2.05, 4.69) is 69.4 Å². The Labute approximate surface area is 299 Å². The Morgan fingerprint density at radius 3 is 2.33 bits per heavy atom. The summed E-state index contributed by atoms with van der Waals surface area (Å²) in [7, 11) is 1.81. The molecule has 0 fully saturated rings. The summed E-state index contributed by atoms with van der Waals surface area (Å²) in [6.07, 6.45) is 18.4. The summed E-state index contributed by atoms with van der Waals surface area (Å²) >= 11 is 6.57. The summed E-state index contributed by atoms with van der Waals surface area (Å²) in [5, 5.41) is 11.7. The van der Waals surface area contributed by atoms with Crippen LogP contribution < -0.4 is 5.32 Å². The molecule has 0 saturated heterocycles. The van der Waals surface area contributed by atoms with E-state index in [1.807, 2.05) is 66.6 Å². The second kappa shape index (κ2) is 25.0. The molecule has 0 saturated carbocycles. The van der Waals surface area contributed by atoms with Gasteiger partial charge in [-0.2, -0.15) is 0 Å². The number of hydrogen-bond acceptors (Lipinski definition) is 5. The Hall–Kier alpha value is -4.07. The van der Waals surface area contributed by atoms with Crippen LogP contribution in [0.1, 0.15) is 112 Å². The van der Waals surface area contributed by atoms with Gasteiger partial charge in [-0.25, -0.2) is 0 Å². The van der Waals surface area contributed by atoms with Crippen LogP contribution >= 0.6 is 11.6 Å². The van der Waals surface area contributed by atoms with Gasteiger partial charge in [0.1, 0.15) is 18.7 Å². The number of carboxylic acids is 1. The first kappa shape index (κ1) is 43.0. The number of aliphatic imine (C=N–C) groups is 1. The largest absolute Gasteiger partial charge is 0.481 e. The van der Waals surface area contributed by atoms with E-state index in [-0.39, 0.29) is 24.3 Å². The summed E-state index contributed by atoms with van der Waals surface area (Å²) in [5.74, 6) is -0.741. The van der Waals surface area contributed by atoms with Gasteiger partial charge in [-0.15, -0.1) is 13.2 Å². The van der Waals surface area contributed by atoms with Crippen molar-refractivity contribution < 1.29 is 19.5 Å². The minimum atomic E-state index is -0.722. The number of hydrogen-bond donors (Lipinski definition) is 2. The van der Waals surface area contributed by atoms with Crippen molar-refractivity contribution in [1.29, 1.82) is 0 Å². The van der Waals surface area contributed by atoms with Crippen molar-refractivity contribution in [2.24, 2.45) is 4.99 Å². The Kier molecular flexibility index (Phi) is 21.9. The van der Waals surface area contributed by atoms with Crippen LogP contribution in [0.2, 0.25) is 5.02 Å². The highest BCUT2D eigenvalue weighted by molar-refractivity contribution is 6.47. The standard InChI is InChI=1S/C30H31ClN2O2.C5H11NO2.C4H10.C2H4/c1-3-5-12-27(23-15-13-21(19-34)14-16-23)33-20-32-29(30(33)35)25-10-6-9-24(17-18-25)28-22(4-2)8-7-11-26(28)31;1-6-4-2-3-5(7)8;1-3-4-2;1-2/h6-11,13-19,24,27H,3-5,12,20H2,1-2H3;6H,2-4H2,1H3,(H,7,8);3-4H2,1-2H3;1-2H2. The van der Waals surface area contributed by atoms with Gasteiger partial charge in [0.15, 0.2) is 0 Å². The van der Waals surface area contributed by atoms with Gasteiger partial charge in [0, 0.05) is 28.5 Å². The summed E-state index contributed by atoms with van der Waals surface area (Å²) in [6.45, 7) is 15.8. The second-order valence-corrected chi connectivity index (χ2v) is 11.9. The van der Waals surface area contributed by atoms with Gasteiger partial charge in [0.25, 0.3) is 5.91 Å². The zero-order chi connectivity index (χ0) is 36.6. The van der Waals surface area contributed by atoms with Crippen molar-refractivity contribution >= 4 is 35.5 Å². The molecule has 0 spiro atoms. The Morgan fingerprint density at radius 2 is 1.76 bits per heavy atom. The quantitative estimate of drug-likeness (QED) is 0.117. The van der Waals surface area contributed by atoms with Crippen LogP contribution in [0, 0.1) is 0 Å². The molecule has 0 radical (unpaired) electrons. The molecule has 266 valence electrons. The van der Waals surface area contributed by atoms with E-state index in [1.165, 1.54) is 18.4 Å². The van der Waals surface area contributed by atoms with Crippen LogP contribution in [0.5, 0.6) is 0 Å². The molecule has 0 bridgehead atoms. The number of carbonyl (C=O) groups is 3. The topological polar surface area (TPSA) is 99.1 Å². The number of aldehydes is 1. The van der Waals surface area contributed by atoms with Gasteiger partial charge in [0.2, 0.25) is 0 Å². The third-order valence-electron chi connectivity index (χ3n) is 8.03. The van der Waals surface area contributed by atoms with Crippen molar-refractivity contribution in [3.63, 3.8) is 0 Å². The molecule has 2 aromatic carbocycles. The lowest BCUT2D eigenvalue weighted by Gasteiger charge is -2.28. The number of rotatable bonds is 14. The molecular weight excluding hydrogens is 634 g/mol. The number of carboxylic acid groups (broad SMARTS) is 1. The van der Waals surface area contributed by atoms with Crippen molar-refractivity contribution in [3.05, 3.63) is 119 Å². The van der Waals surface area contributed by atoms with E-state index in [4.69, 9.17) is 16.7 Å². The number of aliphatic carboxylic acids is 1. The summed E-state index contributed by atoms with van der Waals surface area (Å²) < 4.78 is 0. The van der Waals surface area contributed by atoms with Crippen LogP contribution in [0.4, 0.5) is 0 Å². The van der Waals surface area contributed by atoms with Gasteiger partial charge >= 0.3 is 5.97 Å². The van der Waals surface area contributed by atoms with Gasteiger partial charge in [-0.3, -0.25) is 19.4 Å². The lowest BCUT2D eigenvalue weighted by molar-refractivity contribution is -0.137. The van der Waals surface area contributed by atoms with Gasteiger partial charge in [0.05, 0.1) is 6.04 Å². The zero-order valence-corrected chi connectivity index (χ0v) is 30.8. The van der Waals surface area contributed by atoms with Crippen LogP contribution in [-0.2, 0) is 16.0 Å². The van der Waals surface area contributed by atoms with Crippen molar-refractivity contribution in [1.82, 2.24) is 10.2 Å². The molecule has 8 heteroatoms. The predicted molar refractivity (Wildman–Crippen MR) is 206 cm³/mol. The first-order valence-corrected chi connectivity index (χ1v) is 17.7. The predicted octanol–water partition coefficient (Wildman–Crippen LogP) is 9.70. The number of allylic oxidation sites excluding steroid dienone is 5. The number of amides is 1. The average Bonchev–Trinajstić information content (AvgIpc) is 3.33. The Morgan fingerprint density at radius 1 is 1.06 bits per heavy atom. The van der Waals surface area contributed by atoms with Gasteiger partial charge < -0.3 is 15.3 Å². The molecule has 0 aromatic heterocycles. The van der Waals surface area contributed by atoms with Crippen LogP contribution in [0.3, 0.4) is 0 Å². The fourth-order valence-corrected chi connectivity index (χ4v) is 5.52. The summed E-state index contributed by atoms with van der Waals surface area (Å²) in [6, 6.07) is 13.5. The first-order chi connectivity index (χ1) is 23.8. The Bertz CT molecular complexity index is 1430. The number of carbonyl (C=O) groups excluding carboxylic acids is 2. The zero-order valence-electron chi connectivity index (χ0n) is 30.1. The lowest BCUT2D eigenvalue weighted by atomic mass is 9.92. The first-order valence-electron chi connectivity index (χ1n) is 17.4. The molecule has 2 aliphatic rings. The highest BCUT2D eigenvalue weighted by Crippen LogP contribution is 2.34. The number of nitrogens with one attached hydrogen (secondary N) is 1. The Balaban J connectivity index is 0.000000728. The maximum absolute atomic E-state index is 13.5. The number of benzene rings is 2. The van der Waals surface area contributed by atoms with E-state index in [0.29, 0.717) is 24.4 Å². The SMILES string of the molecule is C=C.CCCC.CCCCC(c1ccc(C=O)cc1)N1CN=C(C2=CC=CC(c3c(Cl)cccc3CC)C=C2)C1=O.CNCCCC(=O)O. The highest BCUT2D eigenvalue weighted by Gasteiger charge is 2.33. The van der Waals surface area contributed by atoms with Crippen LogP contribution in [0.15, 0.2) is 96.6 Å². The molecule has 7 nitrogen and oxygen atoms in total. The molecule has 1 aliphatic heterocycles. The van der Waals surface area contributed by atoms with E-state index >= 15 is 0 Å². The normalized spacial score (nSPS) is 15.3. The van der Waals surface area contributed by atoms with Crippen LogP contribution in [0.25, 0.3) is 0 Å². The van der Waals surface area contributed by atoms with Gasteiger partial charge in [-0.1, -0.05) is 132 Å². The molecule has 1 heterocycles. The van der Waals surface area contributed by atoms with E-state index < -0.39 is 5.97 Å². The molecular formula is C41H56ClN3O4. The molecule has 2 atom stereocenters. The summed E-state index contributed by atoms with van der Waals surface area (Å²) in [4.78, 5) is 41.0. The molecule has 1 amide bonds. The number of nitrogens with zero attached hydrogens (tertiary/aromatic N) is 2. The van der Waals surface area contributed by atoms with E-state index in [9.17, 15) is 14.4 Å². The number of unbranched alkanes of at least 4 members (excludes halogenated alkanes) is 2. The average molecular weight is 690 g/mol. The third kappa shape index (κ3) is 14.1.